The molecule has 3 nitrogen and oxygen atoms in total. The van der Waals surface area contributed by atoms with Crippen molar-refractivity contribution in [1.29, 1.82) is 0 Å². The Kier molecular flexibility index (Phi) is 4.61. The highest BCUT2D eigenvalue weighted by molar-refractivity contribution is 6.17. The Labute approximate surface area is 112 Å². The van der Waals surface area contributed by atoms with Crippen LogP contribution in [0.4, 0.5) is 0 Å². The normalized spacial score (nSPS) is 23.0. The average Bonchev–Trinajstić information content (AvgIpc) is 2.81. The van der Waals surface area contributed by atoms with Gasteiger partial charge in [-0.15, -0.1) is 11.6 Å². The molecule has 0 saturated heterocycles. The summed E-state index contributed by atoms with van der Waals surface area (Å²) in [6.45, 7) is 0.553. The summed E-state index contributed by atoms with van der Waals surface area (Å²) in [5.41, 5.74) is 1.63. The predicted octanol–water partition coefficient (Wildman–Crippen LogP) is 2.32. The van der Waals surface area contributed by atoms with Gasteiger partial charge in [-0.1, -0.05) is 18.6 Å². The van der Waals surface area contributed by atoms with Crippen LogP contribution in [0.25, 0.3) is 0 Å². The number of carbonyl (C=O) groups excluding carboxylic acids is 1. The topological polar surface area (TPSA) is 49.3 Å². The number of halogens is 1. The van der Waals surface area contributed by atoms with Crippen molar-refractivity contribution in [3.8, 4) is 0 Å². The summed E-state index contributed by atoms with van der Waals surface area (Å²) in [5, 5.41) is 12.6. The summed E-state index contributed by atoms with van der Waals surface area (Å²) in [6, 6.07) is 7.26. The number of benzene rings is 1. The first kappa shape index (κ1) is 13.4. The second kappa shape index (κ2) is 6.21. The summed E-state index contributed by atoms with van der Waals surface area (Å²) >= 11 is 5.69. The molecule has 1 aliphatic carbocycles. The zero-order valence-electron chi connectivity index (χ0n) is 10.2. The fraction of sp³-hybridized carbons (Fsp3) is 0.500. The summed E-state index contributed by atoms with van der Waals surface area (Å²) < 4.78 is 0. The number of aliphatic hydroxyl groups is 1. The maximum Gasteiger partial charge on any atom is 0.251 e. The van der Waals surface area contributed by atoms with Crippen molar-refractivity contribution in [2.24, 2.45) is 5.92 Å². The van der Waals surface area contributed by atoms with E-state index >= 15 is 0 Å². The zero-order chi connectivity index (χ0) is 13.0. The summed E-state index contributed by atoms with van der Waals surface area (Å²) in [6.07, 6.45) is 2.63. The molecule has 1 aromatic carbocycles. The summed E-state index contributed by atoms with van der Waals surface area (Å²) in [7, 11) is 0. The standard InChI is InChI=1S/C14H18ClNO2/c15-8-10-4-6-11(7-5-10)14(18)16-9-12-2-1-3-13(12)17/h4-7,12-13,17H,1-3,8-9H2,(H,16,18). The van der Waals surface area contributed by atoms with Crippen molar-refractivity contribution in [2.75, 3.05) is 6.54 Å². The van der Waals surface area contributed by atoms with Gasteiger partial charge in [0.15, 0.2) is 0 Å². The minimum atomic E-state index is -0.260. The summed E-state index contributed by atoms with van der Waals surface area (Å²) in [5.74, 6) is 0.571. The molecule has 0 radical (unpaired) electrons. The minimum absolute atomic E-state index is 0.0878. The highest BCUT2D eigenvalue weighted by Gasteiger charge is 2.25. The third kappa shape index (κ3) is 3.24. The molecule has 98 valence electrons. The van der Waals surface area contributed by atoms with Crippen LogP contribution in [0.3, 0.4) is 0 Å². The molecule has 2 unspecified atom stereocenters. The smallest absolute Gasteiger partial charge is 0.251 e. The third-order valence-corrected chi connectivity index (χ3v) is 3.82. The molecule has 18 heavy (non-hydrogen) atoms. The van der Waals surface area contributed by atoms with Gasteiger partial charge in [0.25, 0.3) is 5.91 Å². The largest absolute Gasteiger partial charge is 0.393 e. The molecule has 4 heteroatoms. The van der Waals surface area contributed by atoms with Crippen LogP contribution >= 0.6 is 11.6 Å². The second-order valence-electron chi connectivity index (χ2n) is 4.80. The first-order chi connectivity index (χ1) is 8.70. The molecule has 1 aliphatic rings. The molecule has 1 aromatic rings. The van der Waals surface area contributed by atoms with Crippen LogP contribution in [0.5, 0.6) is 0 Å². The van der Waals surface area contributed by atoms with Gasteiger partial charge in [0.05, 0.1) is 6.10 Å². The van der Waals surface area contributed by atoms with Crippen LogP contribution in [-0.2, 0) is 5.88 Å². The van der Waals surface area contributed by atoms with E-state index in [4.69, 9.17) is 11.6 Å². The maximum atomic E-state index is 11.9. The highest BCUT2D eigenvalue weighted by Crippen LogP contribution is 2.24. The summed E-state index contributed by atoms with van der Waals surface area (Å²) in [4.78, 5) is 11.9. The Balaban J connectivity index is 1.87. The molecule has 2 N–H and O–H groups in total. The molecule has 1 saturated carbocycles. The van der Waals surface area contributed by atoms with Gasteiger partial charge in [-0.2, -0.15) is 0 Å². The van der Waals surface area contributed by atoms with E-state index in [1.807, 2.05) is 12.1 Å². The molecule has 1 fully saturated rings. The molecule has 0 aliphatic heterocycles. The van der Waals surface area contributed by atoms with Crippen LogP contribution in [0.1, 0.15) is 35.2 Å². The Morgan fingerprint density at radius 2 is 2.06 bits per heavy atom. The fourth-order valence-electron chi connectivity index (χ4n) is 2.33. The quantitative estimate of drug-likeness (QED) is 0.823. The van der Waals surface area contributed by atoms with Crippen molar-refractivity contribution in [3.05, 3.63) is 35.4 Å². The van der Waals surface area contributed by atoms with Crippen molar-refractivity contribution in [2.45, 2.75) is 31.2 Å². The molecular formula is C14H18ClNO2. The lowest BCUT2D eigenvalue weighted by molar-refractivity contribution is 0.0917. The lowest BCUT2D eigenvalue weighted by Crippen LogP contribution is -2.32. The van der Waals surface area contributed by atoms with Crippen LogP contribution in [0.2, 0.25) is 0 Å². The van der Waals surface area contributed by atoms with E-state index in [9.17, 15) is 9.90 Å². The van der Waals surface area contributed by atoms with Gasteiger partial charge in [-0.25, -0.2) is 0 Å². The third-order valence-electron chi connectivity index (χ3n) is 3.51. The second-order valence-corrected chi connectivity index (χ2v) is 5.07. The Hall–Kier alpha value is -1.06. The van der Waals surface area contributed by atoms with Crippen molar-refractivity contribution >= 4 is 17.5 Å². The minimum Gasteiger partial charge on any atom is -0.393 e. The van der Waals surface area contributed by atoms with Crippen LogP contribution in [0.15, 0.2) is 24.3 Å². The maximum absolute atomic E-state index is 11.9. The number of amides is 1. The van der Waals surface area contributed by atoms with Crippen molar-refractivity contribution < 1.29 is 9.90 Å². The molecule has 2 rings (SSSR count). The van der Waals surface area contributed by atoms with Crippen molar-refractivity contribution in [3.63, 3.8) is 0 Å². The van der Waals surface area contributed by atoms with Gasteiger partial charge in [-0.3, -0.25) is 4.79 Å². The van der Waals surface area contributed by atoms with E-state index in [0.29, 0.717) is 18.0 Å². The molecule has 0 heterocycles. The van der Waals surface area contributed by atoms with E-state index in [2.05, 4.69) is 5.32 Å². The van der Waals surface area contributed by atoms with E-state index in [0.717, 1.165) is 24.8 Å². The monoisotopic (exact) mass is 267 g/mol. The first-order valence-electron chi connectivity index (χ1n) is 6.32. The molecule has 2 atom stereocenters. The van der Waals surface area contributed by atoms with Gasteiger partial charge in [0.1, 0.15) is 0 Å². The van der Waals surface area contributed by atoms with Crippen molar-refractivity contribution in [1.82, 2.24) is 5.32 Å². The molecule has 1 amide bonds. The van der Waals surface area contributed by atoms with Crippen LogP contribution in [-0.4, -0.2) is 23.7 Å². The van der Waals surface area contributed by atoms with Gasteiger partial charge in [0.2, 0.25) is 0 Å². The lowest BCUT2D eigenvalue weighted by Gasteiger charge is -2.15. The SMILES string of the molecule is O=C(NCC1CCCC1O)c1ccc(CCl)cc1. The molecular weight excluding hydrogens is 250 g/mol. The van der Waals surface area contributed by atoms with E-state index < -0.39 is 0 Å². The van der Waals surface area contributed by atoms with Gasteiger partial charge < -0.3 is 10.4 Å². The number of hydrogen-bond acceptors (Lipinski definition) is 2. The first-order valence-corrected chi connectivity index (χ1v) is 6.85. The number of carbonyl (C=O) groups is 1. The zero-order valence-corrected chi connectivity index (χ0v) is 11.0. The average molecular weight is 268 g/mol. The number of aliphatic hydroxyl groups excluding tert-OH is 1. The van der Waals surface area contributed by atoms with Gasteiger partial charge in [-0.05, 0) is 30.5 Å². The predicted molar refractivity (Wildman–Crippen MR) is 71.7 cm³/mol. The van der Waals surface area contributed by atoms with E-state index in [1.165, 1.54) is 0 Å². The van der Waals surface area contributed by atoms with Crippen LogP contribution < -0.4 is 5.32 Å². The fourth-order valence-corrected chi connectivity index (χ4v) is 2.50. The number of nitrogens with one attached hydrogen (secondary N) is 1. The molecule has 0 aromatic heterocycles. The Morgan fingerprint density at radius 1 is 1.33 bits per heavy atom. The molecule has 0 spiro atoms. The number of hydrogen-bond donors (Lipinski definition) is 2. The van der Waals surface area contributed by atoms with E-state index in [1.54, 1.807) is 12.1 Å². The lowest BCUT2D eigenvalue weighted by atomic mass is 10.1. The Morgan fingerprint density at radius 3 is 2.61 bits per heavy atom. The number of rotatable bonds is 4. The van der Waals surface area contributed by atoms with E-state index in [-0.39, 0.29) is 17.9 Å². The van der Waals surface area contributed by atoms with Gasteiger partial charge >= 0.3 is 0 Å². The number of alkyl halides is 1. The molecule has 0 bridgehead atoms. The Bertz CT molecular complexity index is 405. The highest BCUT2D eigenvalue weighted by atomic mass is 35.5. The van der Waals surface area contributed by atoms with Gasteiger partial charge in [0, 0.05) is 23.9 Å². The van der Waals surface area contributed by atoms with Crippen LogP contribution in [0, 0.1) is 5.92 Å².